The number of hydrogen-bond acceptors (Lipinski definition) is 4. The van der Waals surface area contributed by atoms with Crippen LogP contribution in [0.3, 0.4) is 0 Å². The summed E-state index contributed by atoms with van der Waals surface area (Å²) in [6.45, 7) is 3.22. The maximum atomic E-state index is 11.7. The Kier molecular flexibility index (Phi) is 5.76. The van der Waals surface area contributed by atoms with Gasteiger partial charge in [0.25, 0.3) is 5.91 Å². The largest absolute Gasteiger partial charge is 0.378 e. The molecule has 0 aliphatic carbocycles. The minimum absolute atomic E-state index is 0.260. The van der Waals surface area contributed by atoms with Gasteiger partial charge in [-0.25, -0.2) is 0 Å². The highest BCUT2D eigenvalue weighted by Crippen LogP contribution is 2.07. The molecule has 0 bridgehead atoms. The van der Waals surface area contributed by atoms with Crippen molar-refractivity contribution in [1.82, 2.24) is 15.6 Å². The molecule has 0 spiro atoms. The Bertz CT molecular complexity index is 481. The van der Waals surface area contributed by atoms with Crippen molar-refractivity contribution in [1.29, 1.82) is 0 Å². The fourth-order valence-electron chi connectivity index (χ4n) is 2.16. The van der Waals surface area contributed by atoms with Crippen LogP contribution in [0.4, 0.5) is 0 Å². The first-order chi connectivity index (χ1) is 9.75. The highest BCUT2D eigenvalue weighted by Gasteiger charge is 2.12. The standard InChI is InChI=1S/C14H21N3O3/c18-13-4-1-3-12(17-13)14(19)16-7-2-10-20-11-5-8-15-9-6-11/h1,3-4,11,15H,2,5-10H2,(H,16,19)(H,17,18). The van der Waals surface area contributed by atoms with Crippen LogP contribution in [0.2, 0.25) is 0 Å². The van der Waals surface area contributed by atoms with Gasteiger partial charge in [-0.1, -0.05) is 6.07 Å². The SMILES string of the molecule is O=C(NCCCOC1CCNCC1)c1cccc(=O)[nH]1. The van der Waals surface area contributed by atoms with Crippen LogP contribution in [-0.4, -0.2) is 43.2 Å². The average Bonchev–Trinajstić information content (AvgIpc) is 2.48. The zero-order chi connectivity index (χ0) is 14.2. The fraction of sp³-hybridized carbons (Fsp3) is 0.571. The predicted octanol–water partition coefficient (Wildman–Crippen LogP) is 0.263. The van der Waals surface area contributed by atoms with Gasteiger partial charge in [-0.15, -0.1) is 0 Å². The molecule has 0 unspecified atom stereocenters. The summed E-state index contributed by atoms with van der Waals surface area (Å²) in [5.41, 5.74) is 0.0173. The molecule has 6 heteroatoms. The molecule has 1 amide bonds. The fourth-order valence-corrected chi connectivity index (χ4v) is 2.16. The molecule has 1 aliphatic rings. The zero-order valence-electron chi connectivity index (χ0n) is 11.5. The number of H-pyrrole nitrogens is 1. The zero-order valence-corrected chi connectivity index (χ0v) is 11.5. The van der Waals surface area contributed by atoms with E-state index in [1.807, 2.05) is 0 Å². The Hall–Kier alpha value is -1.66. The molecule has 110 valence electrons. The second kappa shape index (κ2) is 7.81. The van der Waals surface area contributed by atoms with Crippen LogP contribution < -0.4 is 16.2 Å². The van der Waals surface area contributed by atoms with Gasteiger partial charge in [-0.05, 0) is 38.4 Å². The first-order valence-electron chi connectivity index (χ1n) is 7.05. The summed E-state index contributed by atoms with van der Waals surface area (Å²) in [6.07, 6.45) is 3.22. The van der Waals surface area contributed by atoms with Gasteiger partial charge < -0.3 is 20.4 Å². The smallest absolute Gasteiger partial charge is 0.267 e. The maximum absolute atomic E-state index is 11.7. The second-order valence-corrected chi connectivity index (χ2v) is 4.86. The Morgan fingerprint density at radius 3 is 2.90 bits per heavy atom. The number of aromatic nitrogens is 1. The van der Waals surface area contributed by atoms with E-state index < -0.39 is 0 Å². The van der Waals surface area contributed by atoms with Gasteiger partial charge in [0.2, 0.25) is 5.56 Å². The van der Waals surface area contributed by atoms with Crippen molar-refractivity contribution in [3.8, 4) is 0 Å². The molecule has 2 rings (SSSR count). The molecule has 0 saturated carbocycles. The van der Waals surface area contributed by atoms with Gasteiger partial charge in [-0.3, -0.25) is 9.59 Å². The molecular formula is C14H21N3O3. The van der Waals surface area contributed by atoms with E-state index in [2.05, 4.69) is 15.6 Å². The number of piperidine rings is 1. The van der Waals surface area contributed by atoms with E-state index in [1.54, 1.807) is 12.1 Å². The Labute approximate surface area is 117 Å². The molecule has 6 nitrogen and oxygen atoms in total. The molecule has 1 aromatic rings. The third-order valence-corrected chi connectivity index (χ3v) is 3.26. The molecule has 1 aromatic heterocycles. The molecule has 3 N–H and O–H groups in total. The lowest BCUT2D eigenvalue weighted by Gasteiger charge is -2.22. The van der Waals surface area contributed by atoms with Crippen molar-refractivity contribution in [2.24, 2.45) is 0 Å². The molecule has 1 saturated heterocycles. The van der Waals surface area contributed by atoms with E-state index in [4.69, 9.17) is 4.74 Å². The van der Waals surface area contributed by atoms with Crippen LogP contribution >= 0.6 is 0 Å². The number of ether oxygens (including phenoxy) is 1. The number of carbonyl (C=O) groups excluding carboxylic acids is 1. The van der Waals surface area contributed by atoms with Crippen molar-refractivity contribution < 1.29 is 9.53 Å². The summed E-state index contributed by atoms with van der Waals surface area (Å²) in [4.78, 5) is 25.3. The molecule has 20 heavy (non-hydrogen) atoms. The number of amides is 1. The Morgan fingerprint density at radius 1 is 1.35 bits per heavy atom. The summed E-state index contributed by atoms with van der Waals surface area (Å²) < 4.78 is 5.74. The number of rotatable bonds is 6. The summed E-state index contributed by atoms with van der Waals surface area (Å²) in [5.74, 6) is -0.260. The van der Waals surface area contributed by atoms with Crippen LogP contribution in [-0.2, 0) is 4.74 Å². The van der Waals surface area contributed by atoms with Crippen molar-refractivity contribution in [3.63, 3.8) is 0 Å². The Balaban J connectivity index is 1.61. The average molecular weight is 279 g/mol. The lowest BCUT2D eigenvalue weighted by molar-refractivity contribution is 0.0317. The van der Waals surface area contributed by atoms with Crippen molar-refractivity contribution in [3.05, 3.63) is 34.2 Å². The number of pyridine rings is 1. The minimum atomic E-state index is -0.271. The van der Waals surface area contributed by atoms with E-state index in [0.29, 0.717) is 19.3 Å². The van der Waals surface area contributed by atoms with Crippen molar-refractivity contribution in [2.75, 3.05) is 26.2 Å². The van der Waals surface area contributed by atoms with E-state index in [-0.39, 0.29) is 17.2 Å². The summed E-state index contributed by atoms with van der Waals surface area (Å²) >= 11 is 0. The monoisotopic (exact) mass is 279 g/mol. The Morgan fingerprint density at radius 2 is 2.15 bits per heavy atom. The highest BCUT2D eigenvalue weighted by atomic mass is 16.5. The lowest BCUT2D eigenvalue weighted by Crippen LogP contribution is -2.33. The first kappa shape index (κ1) is 14.7. The molecule has 0 atom stereocenters. The molecule has 1 fully saturated rings. The maximum Gasteiger partial charge on any atom is 0.267 e. The van der Waals surface area contributed by atoms with E-state index in [9.17, 15) is 9.59 Å². The number of nitrogens with one attached hydrogen (secondary N) is 3. The van der Waals surface area contributed by atoms with Gasteiger partial charge in [-0.2, -0.15) is 0 Å². The molecule has 2 heterocycles. The van der Waals surface area contributed by atoms with Gasteiger partial charge in [0.1, 0.15) is 5.69 Å². The third kappa shape index (κ3) is 4.79. The van der Waals surface area contributed by atoms with Crippen LogP contribution in [0.1, 0.15) is 29.8 Å². The molecular weight excluding hydrogens is 258 g/mol. The van der Waals surface area contributed by atoms with Crippen LogP contribution in [0.15, 0.2) is 23.0 Å². The van der Waals surface area contributed by atoms with Gasteiger partial charge in [0.15, 0.2) is 0 Å². The van der Waals surface area contributed by atoms with Crippen LogP contribution in [0.25, 0.3) is 0 Å². The van der Waals surface area contributed by atoms with Crippen molar-refractivity contribution >= 4 is 5.91 Å². The normalized spacial score (nSPS) is 16.0. The number of aromatic amines is 1. The summed E-state index contributed by atoms with van der Waals surface area (Å²) in [6, 6.07) is 4.53. The van der Waals surface area contributed by atoms with E-state index in [1.165, 1.54) is 6.07 Å². The molecule has 0 radical (unpaired) electrons. The number of hydrogen-bond donors (Lipinski definition) is 3. The number of carbonyl (C=O) groups is 1. The van der Waals surface area contributed by atoms with E-state index >= 15 is 0 Å². The third-order valence-electron chi connectivity index (χ3n) is 3.26. The van der Waals surface area contributed by atoms with Crippen molar-refractivity contribution in [2.45, 2.75) is 25.4 Å². The quantitative estimate of drug-likeness (QED) is 0.652. The van der Waals surface area contributed by atoms with Gasteiger partial charge in [0, 0.05) is 19.2 Å². The topological polar surface area (TPSA) is 83.2 Å². The highest BCUT2D eigenvalue weighted by molar-refractivity contribution is 5.92. The predicted molar refractivity (Wildman–Crippen MR) is 75.9 cm³/mol. The van der Waals surface area contributed by atoms with Crippen LogP contribution in [0, 0.1) is 0 Å². The summed E-state index contributed by atoms with van der Waals surface area (Å²) in [7, 11) is 0. The lowest BCUT2D eigenvalue weighted by atomic mass is 10.1. The second-order valence-electron chi connectivity index (χ2n) is 4.86. The van der Waals surface area contributed by atoms with E-state index in [0.717, 1.165) is 32.4 Å². The molecule has 1 aliphatic heterocycles. The minimum Gasteiger partial charge on any atom is -0.378 e. The first-order valence-corrected chi connectivity index (χ1v) is 7.05. The van der Waals surface area contributed by atoms with Crippen LogP contribution in [0.5, 0.6) is 0 Å². The van der Waals surface area contributed by atoms with Gasteiger partial charge in [0.05, 0.1) is 6.10 Å². The summed E-state index contributed by atoms with van der Waals surface area (Å²) in [5, 5.41) is 6.05. The molecule has 0 aromatic carbocycles. The van der Waals surface area contributed by atoms with Gasteiger partial charge >= 0.3 is 0 Å².